The third-order valence-corrected chi connectivity index (χ3v) is 3.66. The van der Waals surface area contributed by atoms with E-state index in [9.17, 15) is 10.2 Å². The highest BCUT2D eigenvalue weighted by molar-refractivity contribution is 14.1. The summed E-state index contributed by atoms with van der Waals surface area (Å²) < 4.78 is 1.97. The molecule has 17 heavy (non-hydrogen) atoms. The van der Waals surface area contributed by atoms with Gasteiger partial charge in [-0.2, -0.15) is 0 Å². The van der Waals surface area contributed by atoms with Crippen LogP contribution in [0.5, 0.6) is 11.8 Å². The van der Waals surface area contributed by atoms with Gasteiger partial charge in [0.05, 0.1) is 10.7 Å². The molecule has 0 atom stereocenters. The Labute approximate surface area is 118 Å². The zero-order valence-corrected chi connectivity index (χ0v) is 12.0. The van der Waals surface area contributed by atoms with Crippen LogP contribution in [-0.4, -0.2) is 14.8 Å². The lowest BCUT2D eigenvalue weighted by molar-refractivity contribution is 0.401. The number of alkyl halides is 1. The number of rotatable bonds is 2. The van der Waals surface area contributed by atoms with E-state index in [-0.39, 0.29) is 11.8 Å². The Balaban J connectivity index is 2.68. The molecule has 0 unspecified atom stereocenters. The molecule has 2 rings (SSSR count). The van der Waals surface area contributed by atoms with Crippen molar-refractivity contribution >= 4 is 34.2 Å². The standard InChI is InChI=1S/C12H11ClINO2/c1-7-2-3-9(13)10(4-7)15-11(16)5-8(6-14)12(15)17/h2-5,16-17H,6H2,1H3. The molecule has 0 radical (unpaired) electrons. The molecule has 0 bridgehead atoms. The van der Waals surface area contributed by atoms with Gasteiger partial charge in [-0.05, 0) is 24.6 Å². The fourth-order valence-corrected chi connectivity index (χ4v) is 2.43. The fraction of sp³-hybridized carbons (Fsp3) is 0.167. The largest absolute Gasteiger partial charge is 0.494 e. The number of hydrogen-bond donors (Lipinski definition) is 2. The number of aryl methyl sites for hydroxylation is 1. The van der Waals surface area contributed by atoms with Crippen molar-refractivity contribution in [2.75, 3.05) is 0 Å². The van der Waals surface area contributed by atoms with Gasteiger partial charge in [-0.3, -0.25) is 0 Å². The molecule has 3 nitrogen and oxygen atoms in total. The van der Waals surface area contributed by atoms with Crippen LogP contribution in [0.1, 0.15) is 11.1 Å². The third-order valence-electron chi connectivity index (χ3n) is 2.52. The monoisotopic (exact) mass is 363 g/mol. The van der Waals surface area contributed by atoms with E-state index < -0.39 is 0 Å². The van der Waals surface area contributed by atoms with Crippen LogP contribution in [0.2, 0.25) is 5.02 Å². The molecule has 0 saturated carbocycles. The molecule has 0 aliphatic rings. The first kappa shape index (κ1) is 12.6. The third kappa shape index (κ3) is 2.24. The second-order valence-electron chi connectivity index (χ2n) is 3.78. The Morgan fingerprint density at radius 2 is 2.00 bits per heavy atom. The summed E-state index contributed by atoms with van der Waals surface area (Å²) in [5.41, 5.74) is 2.27. The summed E-state index contributed by atoms with van der Waals surface area (Å²) in [5.74, 6) is 0.0195. The van der Waals surface area contributed by atoms with Crippen LogP contribution in [0.4, 0.5) is 0 Å². The lowest BCUT2D eigenvalue weighted by Crippen LogP contribution is -1.95. The summed E-state index contributed by atoms with van der Waals surface area (Å²) in [6.07, 6.45) is 0. The molecular formula is C12H11ClINO2. The van der Waals surface area contributed by atoms with E-state index >= 15 is 0 Å². The average Bonchev–Trinajstić information content (AvgIpc) is 2.58. The van der Waals surface area contributed by atoms with E-state index in [0.29, 0.717) is 20.7 Å². The zero-order valence-electron chi connectivity index (χ0n) is 9.11. The predicted molar refractivity (Wildman–Crippen MR) is 76.6 cm³/mol. The highest BCUT2D eigenvalue weighted by Crippen LogP contribution is 2.35. The summed E-state index contributed by atoms with van der Waals surface area (Å²) in [4.78, 5) is 0. The number of hydrogen-bond acceptors (Lipinski definition) is 2. The quantitative estimate of drug-likeness (QED) is 0.630. The zero-order chi connectivity index (χ0) is 12.6. The molecule has 0 aliphatic heterocycles. The Kier molecular flexibility index (Phi) is 3.53. The van der Waals surface area contributed by atoms with Gasteiger partial charge in [0.1, 0.15) is 0 Å². The van der Waals surface area contributed by atoms with E-state index in [1.165, 1.54) is 4.57 Å². The smallest absolute Gasteiger partial charge is 0.202 e. The number of aromatic hydroxyl groups is 2. The summed E-state index contributed by atoms with van der Waals surface area (Å²) >= 11 is 8.21. The summed E-state index contributed by atoms with van der Waals surface area (Å²) in [7, 11) is 0. The Hall–Kier alpha value is -0.880. The second-order valence-corrected chi connectivity index (χ2v) is 4.95. The van der Waals surface area contributed by atoms with E-state index in [4.69, 9.17) is 11.6 Å². The van der Waals surface area contributed by atoms with Gasteiger partial charge < -0.3 is 10.2 Å². The summed E-state index contributed by atoms with van der Waals surface area (Å²) in [6, 6.07) is 6.98. The van der Waals surface area contributed by atoms with E-state index in [0.717, 1.165) is 5.56 Å². The van der Waals surface area contributed by atoms with Crippen LogP contribution in [0, 0.1) is 6.92 Å². The van der Waals surface area contributed by atoms with Gasteiger partial charge in [0.15, 0.2) is 5.88 Å². The topological polar surface area (TPSA) is 45.4 Å². The minimum atomic E-state index is -0.0123. The molecule has 5 heteroatoms. The van der Waals surface area contributed by atoms with E-state index in [1.54, 1.807) is 12.1 Å². The maximum atomic E-state index is 10.0. The molecule has 1 aromatic heterocycles. The minimum Gasteiger partial charge on any atom is -0.494 e. The highest BCUT2D eigenvalue weighted by Gasteiger charge is 2.16. The van der Waals surface area contributed by atoms with Gasteiger partial charge in [-0.15, -0.1) is 0 Å². The normalized spacial score (nSPS) is 10.8. The molecule has 0 amide bonds. The van der Waals surface area contributed by atoms with Gasteiger partial charge in [0, 0.05) is 16.1 Å². The number of aromatic nitrogens is 1. The van der Waals surface area contributed by atoms with Crippen LogP contribution in [0.3, 0.4) is 0 Å². The highest BCUT2D eigenvalue weighted by atomic mass is 127. The summed E-state index contributed by atoms with van der Waals surface area (Å²) in [5, 5.41) is 20.4. The van der Waals surface area contributed by atoms with Crippen LogP contribution in [0.25, 0.3) is 5.69 Å². The molecule has 0 spiro atoms. The van der Waals surface area contributed by atoms with Crippen molar-refractivity contribution in [3.8, 4) is 17.4 Å². The van der Waals surface area contributed by atoms with Crippen molar-refractivity contribution in [1.82, 2.24) is 4.57 Å². The summed E-state index contributed by atoms with van der Waals surface area (Å²) in [6.45, 7) is 1.93. The van der Waals surface area contributed by atoms with Crippen molar-refractivity contribution < 1.29 is 10.2 Å². The first-order valence-corrected chi connectivity index (χ1v) is 6.90. The minimum absolute atomic E-state index is 0.0123. The predicted octanol–water partition coefficient (Wildman–Crippen LogP) is 3.79. The molecule has 0 aliphatic carbocycles. The maximum Gasteiger partial charge on any atom is 0.202 e. The van der Waals surface area contributed by atoms with Crippen LogP contribution in [0.15, 0.2) is 24.3 Å². The van der Waals surface area contributed by atoms with E-state index in [2.05, 4.69) is 22.6 Å². The first-order valence-electron chi connectivity index (χ1n) is 4.99. The molecule has 90 valence electrons. The first-order chi connectivity index (χ1) is 8.04. The van der Waals surface area contributed by atoms with E-state index in [1.807, 2.05) is 19.1 Å². The van der Waals surface area contributed by atoms with Crippen molar-refractivity contribution in [3.05, 3.63) is 40.4 Å². The number of halogens is 2. The van der Waals surface area contributed by atoms with Crippen molar-refractivity contribution in [3.63, 3.8) is 0 Å². The molecule has 0 fully saturated rings. The average molecular weight is 364 g/mol. The SMILES string of the molecule is Cc1ccc(Cl)c(-n2c(O)cc(CI)c2O)c1. The molecule has 1 heterocycles. The Bertz CT molecular complexity index is 566. The van der Waals surface area contributed by atoms with Gasteiger partial charge in [-0.1, -0.05) is 40.3 Å². The maximum absolute atomic E-state index is 10.0. The van der Waals surface area contributed by atoms with Gasteiger partial charge in [0.2, 0.25) is 5.88 Å². The van der Waals surface area contributed by atoms with Crippen LogP contribution in [-0.2, 0) is 4.43 Å². The second kappa shape index (κ2) is 4.78. The molecule has 0 saturated heterocycles. The Morgan fingerprint density at radius 1 is 1.29 bits per heavy atom. The molecule has 1 aromatic carbocycles. The van der Waals surface area contributed by atoms with Gasteiger partial charge in [0.25, 0.3) is 0 Å². The Morgan fingerprint density at radius 3 is 2.59 bits per heavy atom. The van der Waals surface area contributed by atoms with Gasteiger partial charge in [-0.25, -0.2) is 4.57 Å². The van der Waals surface area contributed by atoms with Crippen molar-refractivity contribution in [2.45, 2.75) is 11.4 Å². The van der Waals surface area contributed by atoms with Crippen LogP contribution < -0.4 is 0 Å². The lowest BCUT2D eigenvalue weighted by Gasteiger charge is -2.10. The lowest BCUT2D eigenvalue weighted by atomic mass is 10.2. The van der Waals surface area contributed by atoms with Crippen molar-refractivity contribution in [2.24, 2.45) is 0 Å². The number of nitrogens with zero attached hydrogens (tertiary/aromatic N) is 1. The molecule has 2 N–H and O–H groups in total. The fourth-order valence-electron chi connectivity index (χ4n) is 1.67. The van der Waals surface area contributed by atoms with Crippen LogP contribution >= 0.6 is 34.2 Å². The molecule has 2 aromatic rings. The van der Waals surface area contributed by atoms with Crippen molar-refractivity contribution in [1.29, 1.82) is 0 Å². The van der Waals surface area contributed by atoms with Gasteiger partial charge >= 0.3 is 0 Å². The molecular weight excluding hydrogens is 352 g/mol. The number of benzene rings is 1.